The van der Waals surface area contributed by atoms with E-state index in [1.165, 1.54) is 18.5 Å². The average molecular weight is 265 g/mol. The minimum absolute atomic E-state index is 0.264. The van der Waals surface area contributed by atoms with E-state index in [4.69, 9.17) is 0 Å². The third-order valence-electron chi connectivity index (χ3n) is 1.79. The molecule has 14 heavy (non-hydrogen) atoms. The number of hydrogen-bond donors (Lipinski definition) is 0. The van der Waals surface area contributed by atoms with Gasteiger partial charge in [0.2, 0.25) is 0 Å². The molecule has 2 aromatic rings. The highest BCUT2D eigenvalue weighted by atomic mass is 79.9. The van der Waals surface area contributed by atoms with E-state index in [0.29, 0.717) is 4.47 Å². The number of rotatable bonds is 0. The van der Waals surface area contributed by atoms with Gasteiger partial charge in [-0.2, -0.15) is 13.2 Å². The zero-order valence-corrected chi connectivity index (χ0v) is 8.30. The van der Waals surface area contributed by atoms with Crippen LogP contribution in [0.25, 0.3) is 5.65 Å². The Morgan fingerprint density at radius 2 is 2.00 bits per heavy atom. The Morgan fingerprint density at radius 1 is 1.29 bits per heavy atom. The number of hydrogen-bond acceptors (Lipinski definition) is 1. The summed E-state index contributed by atoms with van der Waals surface area (Å²) in [5.41, 5.74) is -0.465. The van der Waals surface area contributed by atoms with E-state index in [-0.39, 0.29) is 5.65 Å². The van der Waals surface area contributed by atoms with Crippen molar-refractivity contribution in [3.8, 4) is 0 Å². The fourth-order valence-corrected chi connectivity index (χ4v) is 1.64. The molecule has 0 atom stereocenters. The van der Waals surface area contributed by atoms with Crippen molar-refractivity contribution in [2.24, 2.45) is 0 Å². The third kappa shape index (κ3) is 1.39. The van der Waals surface area contributed by atoms with Crippen LogP contribution in [0.5, 0.6) is 0 Å². The lowest BCUT2D eigenvalue weighted by molar-refractivity contribution is -0.142. The van der Waals surface area contributed by atoms with Crippen LogP contribution in [-0.4, -0.2) is 9.38 Å². The Kier molecular flexibility index (Phi) is 2.02. The molecule has 2 heterocycles. The molecule has 0 N–H and O–H groups in total. The number of pyridine rings is 1. The number of alkyl halides is 3. The number of imidazole rings is 1. The molecule has 6 heteroatoms. The highest BCUT2D eigenvalue weighted by Crippen LogP contribution is 2.31. The molecule has 0 aliphatic heterocycles. The summed E-state index contributed by atoms with van der Waals surface area (Å²) >= 11 is 3.13. The second-order valence-corrected chi connectivity index (χ2v) is 3.54. The van der Waals surface area contributed by atoms with Crippen LogP contribution in [0.15, 0.2) is 29.0 Å². The van der Waals surface area contributed by atoms with Crippen molar-refractivity contribution in [1.82, 2.24) is 9.38 Å². The maximum atomic E-state index is 12.5. The van der Waals surface area contributed by atoms with Gasteiger partial charge in [0, 0.05) is 12.4 Å². The molecule has 0 unspecified atom stereocenters. The van der Waals surface area contributed by atoms with Crippen LogP contribution in [0, 0.1) is 0 Å². The summed E-state index contributed by atoms with van der Waals surface area (Å²) in [6.07, 6.45) is -1.75. The molecule has 0 radical (unpaired) electrons. The van der Waals surface area contributed by atoms with Gasteiger partial charge in [-0.05, 0) is 28.1 Å². The van der Waals surface area contributed by atoms with Gasteiger partial charge in [0.1, 0.15) is 5.69 Å². The summed E-state index contributed by atoms with van der Waals surface area (Å²) in [5, 5.41) is 0. The molecule has 0 spiro atoms. The second kappa shape index (κ2) is 2.98. The first-order chi connectivity index (χ1) is 6.50. The van der Waals surface area contributed by atoms with E-state index < -0.39 is 11.9 Å². The van der Waals surface area contributed by atoms with Gasteiger partial charge in [0.15, 0.2) is 5.65 Å². The summed E-state index contributed by atoms with van der Waals surface area (Å²) in [5.74, 6) is 0. The topological polar surface area (TPSA) is 17.3 Å². The maximum Gasteiger partial charge on any atom is 0.431 e. The molecule has 2 aromatic heterocycles. The van der Waals surface area contributed by atoms with Crippen molar-refractivity contribution < 1.29 is 13.2 Å². The van der Waals surface area contributed by atoms with E-state index in [1.54, 1.807) is 0 Å². The summed E-state index contributed by atoms with van der Waals surface area (Å²) < 4.78 is 38.9. The molecule has 2 nitrogen and oxygen atoms in total. The zero-order valence-electron chi connectivity index (χ0n) is 6.72. The third-order valence-corrected chi connectivity index (χ3v) is 2.41. The predicted octanol–water partition coefficient (Wildman–Crippen LogP) is 3.12. The molecule has 0 aliphatic carbocycles. The molecule has 2 rings (SSSR count). The van der Waals surface area contributed by atoms with Gasteiger partial charge in [-0.25, -0.2) is 4.98 Å². The number of aromatic nitrogens is 2. The molecule has 0 saturated heterocycles. The first-order valence-corrected chi connectivity index (χ1v) is 4.48. The molecule has 0 aromatic carbocycles. The van der Waals surface area contributed by atoms with Crippen LogP contribution in [0.3, 0.4) is 0 Å². The Hall–Kier alpha value is -1.04. The van der Waals surface area contributed by atoms with Crippen LogP contribution in [0.1, 0.15) is 5.69 Å². The average Bonchev–Trinajstić information content (AvgIpc) is 2.50. The molecule has 0 aliphatic rings. The van der Waals surface area contributed by atoms with E-state index in [2.05, 4.69) is 20.9 Å². The minimum Gasteiger partial charge on any atom is -0.295 e. The van der Waals surface area contributed by atoms with Gasteiger partial charge in [-0.15, -0.1) is 0 Å². The lowest BCUT2D eigenvalue weighted by Gasteiger charge is -2.09. The molecule has 74 valence electrons. The Balaban J connectivity index is 2.80. The molecule has 0 saturated carbocycles. The Labute approximate surface area is 85.5 Å². The summed E-state index contributed by atoms with van der Waals surface area (Å²) in [6.45, 7) is 0. The van der Waals surface area contributed by atoms with E-state index in [1.807, 2.05) is 0 Å². The normalized spacial score (nSPS) is 12.3. The lowest BCUT2D eigenvalue weighted by Crippen LogP contribution is -2.10. The summed E-state index contributed by atoms with van der Waals surface area (Å²) in [4.78, 5) is 3.81. The smallest absolute Gasteiger partial charge is 0.295 e. The van der Waals surface area contributed by atoms with E-state index in [9.17, 15) is 13.2 Å². The summed E-state index contributed by atoms with van der Waals surface area (Å²) in [6, 6.07) is 2.35. The van der Waals surface area contributed by atoms with Crippen LogP contribution < -0.4 is 0 Å². The van der Waals surface area contributed by atoms with Gasteiger partial charge in [-0.3, -0.25) is 4.40 Å². The van der Waals surface area contributed by atoms with Crippen molar-refractivity contribution in [3.05, 3.63) is 34.7 Å². The molecule has 0 bridgehead atoms. The predicted molar refractivity (Wildman–Crippen MR) is 47.9 cm³/mol. The number of nitrogens with zero attached hydrogens (tertiary/aromatic N) is 2. The standard InChI is InChI=1S/C8H4BrF3N2/c9-5-1-2-6(8(10,11)12)14-4-3-13-7(5)14/h1-4H. The first-order valence-electron chi connectivity index (χ1n) is 3.69. The maximum absolute atomic E-state index is 12.5. The molecular weight excluding hydrogens is 261 g/mol. The summed E-state index contributed by atoms with van der Waals surface area (Å²) in [7, 11) is 0. The van der Waals surface area contributed by atoms with Gasteiger partial charge < -0.3 is 0 Å². The van der Waals surface area contributed by atoms with Gasteiger partial charge in [0.05, 0.1) is 4.47 Å². The van der Waals surface area contributed by atoms with Crippen molar-refractivity contribution in [3.63, 3.8) is 0 Å². The van der Waals surface area contributed by atoms with Crippen molar-refractivity contribution in [2.45, 2.75) is 6.18 Å². The fraction of sp³-hybridized carbons (Fsp3) is 0.125. The van der Waals surface area contributed by atoms with Gasteiger partial charge >= 0.3 is 6.18 Å². The van der Waals surface area contributed by atoms with Crippen molar-refractivity contribution >= 4 is 21.6 Å². The van der Waals surface area contributed by atoms with Crippen LogP contribution in [0.4, 0.5) is 13.2 Å². The van der Waals surface area contributed by atoms with Crippen LogP contribution in [-0.2, 0) is 6.18 Å². The van der Waals surface area contributed by atoms with Crippen molar-refractivity contribution in [2.75, 3.05) is 0 Å². The zero-order chi connectivity index (χ0) is 10.3. The van der Waals surface area contributed by atoms with Crippen molar-refractivity contribution in [1.29, 1.82) is 0 Å². The fourth-order valence-electron chi connectivity index (χ4n) is 1.21. The highest BCUT2D eigenvalue weighted by Gasteiger charge is 2.33. The van der Waals surface area contributed by atoms with E-state index in [0.717, 1.165) is 10.5 Å². The van der Waals surface area contributed by atoms with Gasteiger partial charge in [0.25, 0.3) is 0 Å². The number of fused-ring (bicyclic) bond motifs is 1. The largest absolute Gasteiger partial charge is 0.431 e. The SMILES string of the molecule is FC(F)(F)c1ccc(Br)c2nccn12. The molecule has 0 amide bonds. The monoisotopic (exact) mass is 264 g/mol. The van der Waals surface area contributed by atoms with Crippen LogP contribution >= 0.6 is 15.9 Å². The van der Waals surface area contributed by atoms with Crippen LogP contribution in [0.2, 0.25) is 0 Å². The van der Waals surface area contributed by atoms with E-state index >= 15 is 0 Å². The number of halogens is 4. The highest BCUT2D eigenvalue weighted by molar-refractivity contribution is 9.10. The first kappa shape index (κ1) is 9.51. The second-order valence-electron chi connectivity index (χ2n) is 2.69. The Morgan fingerprint density at radius 3 is 2.64 bits per heavy atom. The molecular formula is C8H4BrF3N2. The quantitative estimate of drug-likeness (QED) is 0.715. The lowest BCUT2D eigenvalue weighted by atomic mass is 10.3. The Bertz CT molecular complexity index is 475. The minimum atomic E-state index is -4.36. The van der Waals surface area contributed by atoms with Gasteiger partial charge in [-0.1, -0.05) is 0 Å². The molecule has 0 fully saturated rings.